The third kappa shape index (κ3) is 4.57. The zero-order chi connectivity index (χ0) is 21.3. The van der Waals surface area contributed by atoms with Gasteiger partial charge in [-0.2, -0.15) is 0 Å². The fourth-order valence-electron chi connectivity index (χ4n) is 3.40. The Hall–Kier alpha value is -2.25. The topological polar surface area (TPSA) is 65.8 Å². The Morgan fingerprint density at radius 2 is 1.63 bits per heavy atom. The maximum Gasteiger partial charge on any atom is 0.289 e. The fraction of sp³-hybridized carbons (Fsp3) is 0.238. The van der Waals surface area contributed by atoms with Gasteiger partial charge in [-0.1, -0.05) is 53.0 Å². The standard InChI is InChI=1S/C21H18Cl3N3O3/c22-14-10-15(23)20(16(24)11-14)25-19(28)12-26-5-7-27(8-6-26)21(29)18-9-13-3-1-2-4-17(13)30-18/h1-4,9-11H,5-8,12H2,(H,25,28). The highest BCUT2D eigenvalue weighted by Crippen LogP contribution is 2.33. The molecule has 30 heavy (non-hydrogen) atoms. The molecule has 1 aromatic heterocycles. The molecule has 1 saturated heterocycles. The quantitative estimate of drug-likeness (QED) is 0.600. The minimum absolute atomic E-state index is 0.143. The number of halogens is 3. The van der Waals surface area contributed by atoms with Gasteiger partial charge in [0.15, 0.2) is 5.76 Å². The summed E-state index contributed by atoms with van der Waals surface area (Å²) in [5.41, 5.74) is 1.03. The van der Waals surface area contributed by atoms with Crippen molar-refractivity contribution >= 4 is 63.3 Å². The number of para-hydroxylation sites is 1. The van der Waals surface area contributed by atoms with E-state index in [1.54, 1.807) is 11.0 Å². The van der Waals surface area contributed by atoms with E-state index >= 15 is 0 Å². The van der Waals surface area contributed by atoms with Gasteiger partial charge in [0.05, 0.1) is 22.3 Å². The lowest BCUT2D eigenvalue weighted by molar-refractivity contribution is -0.117. The minimum Gasteiger partial charge on any atom is -0.451 e. The fourth-order valence-corrected chi connectivity index (χ4v) is 4.31. The summed E-state index contributed by atoms with van der Waals surface area (Å²) in [5, 5.41) is 4.58. The number of hydrogen-bond donors (Lipinski definition) is 1. The molecule has 0 atom stereocenters. The number of carbonyl (C=O) groups is 2. The molecule has 2 heterocycles. The number of benzene rings is 2. The first-order valence-corrected chi connectivity index (χ1v) is 10.5. The lowest BCUT2D eigenvalue weighted by Gasteiger charge is -2.33. The van der Waals surface area contributed by atoms with E-state index in [2.05, 4.69) is 5.32 Å². The van der Waals surface area contributed by atoms with Crippen LogP contribution in [0.25, 0.3) is 11.0 Å². The lowest BCUT2D eigenvalue weighted by atomic mass is 10.2. The van der Waals surface area contributed by atoms with Crippen molar-refractivity contribution in [3.63, 3.8) is 0 Å². The van der Waals surface area contributed by atoms with Crippen LogP contribution in [0.5, 0.6) is 0 Å². The van der Waals surface area contributed by atoms with Gasteiger partial charge in [0.25, 0.3) is 5.91 Å². The number of anilines is 1. The van der Waals surface area contributed by atoms with Gasteiger partial charge in [-0.15, -0.1) is 0 Å². The van der Waals surface area contributed by atoms with E-state index in [0.717, 1.165) is 5.39 Å². The van der Waals surface area contributed by atoms with Crippen LogP contribution in [-0.2, 0) is 4.79 Å². The molecule has 1 N–H and O–H groups in total. The number of piperazine rings is 1. The molecule has 1 aliphatic heterocycles. The lowest BCUT2D eigenvalue weighted by Crippen LogP contribution is -2.50. The molecular weight excluding hydrogens is 449 g/mol. The number of carbonyl (C=O) groups excluding carboxylic acids is 2. The SMILES string of the molecule is O=C(CN1CCN(C(=O)c2cc3ccccc3o2)CC1)Nc1c(Cl)cc(Cl)cc1Cl. The van der Waals surface area contributed by atoms with E-state index in [9.17, 15) is 9.59 Å². The summed E-state index contributed by atoms with van der Waals surface area (Å²) in [6.07, 6.45) is 0. The minimum atomic E-state index is -0.238. The molecule has 0 spiro atoms. The summed E-state index contributed by atoms with van der Waals surface area (Å²) in [4.78, 5) is 28.8. The van der Waals surface area contributed by atoms with Crippen molar-refractivity contribution in [1.29, 1.82) is 0 Å². The van der Waals surface area contributed by atoms with Crippen LogP contribution in [-0.4, -0.2) is 54.3 Å². The number of furan rings is 1. The summed E-state index contributed by atoms with van der Waals surface area (Å²) in [6.45, 7) is 2.32. The molecule has 9 heteroatoms. The van der Waals surface area contributed by atoms with Crippen molar-refractivity contribution < 1.29 is 14.0 Å². The highest BCUT2D eigenvalue weighted by atomic mass is 35.5. The van der Waals surface area contributed by atoms with Crippen LogP contribution in [0.3, 0.4) is 0 Å². The molecule has 3 aromatic rings. The van der Waals surface area contributed by atoms with Crippen molar-refractivity contribution in [3.05, 3.63) is 63.3 Å². The maximum absolute atomic E-state index is 12.7. The van der Waals surface area contributed by atoms with Crippen LogP contribution >= 0.6 is 34.8 Å². The highest BCUT2D eigenvalue weighted by Gasteiger charge is 2.25. The van der Waals surface area contributed by atoms with E-state index in [0.29, 0.717) is 48.2 Å². The Kier molecular flexibility index (Phi) is 6.20. The number of nitrogens with one attached hydrogen (secondary N) is 1. The van der Waals surface area contributed by atoms with Gasteiger partial charge in [0, 0.05) is 36.6 Å². The van der Waals surface area contributed by atoms with Crippen molar-refractivity contribution in [3.8, 4) is 0 Å². The first kappa shape index (κ1) is 21.0. The Labute approximate surface area is 188 Å². The summed E-state index contributed by atoms with van der Waals surface area (Å²) in [7, 11) is 0. The van der Waals surface area contributed by atoms with Gasteiger partial charge in [-0.25, -0.2) is 0 Å². The molecular formula is C21H18Cl3N3O3. The summed E-state index contributed by atoms with van der Waals surface area (Å²) >= 11 is 18.1. The molecule has 0 aliphatic carbocycles. The van der Waals surface area contributed by atoms with Gasteiger partial charge in [0.2, 0.25) is 5.91 Å². The molecule has 156 valence electrons. The average molecular weight is 467 g/mol. The first-order valence-electron chi connectivity index (χ1n) is 9.35. The second kappa shape index (κ2) is 8.86. The third-order valence-corrected chi connectivity index (χ3v) is 5.75. The van der Waals surface area contributed by atoms with Crippen LogP contribution in [0.2, 0.25) is 15.1 Å². The smallest absolute Gasteiger partial charge is 0.289 e. The van der Waals surface area contributed by atoms with E-state index < -0.39 is 0 Å². The molecule has 2 amide bonds. The largest absolute Gasteiger partial charge is 0.451 e. The molecule has 1 fully saturated rings. The Morgan fingerprint density at radius 3 is 2.30 bits per heavy atom. The predicted octanol–water partition coefficient (Wildman–Crippen LogP) is 4.79. The first-order chi connectivity index (χ1) is 14.4. The Balaban J connectivity index is 1.32. The Bertz CT molecular complexity index is 1050. The van der Waals surface area contributed by atoms with Gasteiger partial charge < -0.3 is 14.6 Å². The van der Waals surface area contributed by atoms with Crippen LogP contribution in [0.4, 0.5) is 5.69 Å². The van der Waals surface area contributed by atoms with Gasteiger partial charge in [0.1, 0.15) is 5.58 Å². The van der Waals surface area contributed by atoms with Crippen LogP contribution in [0, 0.1) is 0 Å². The molecule has 0 radical (unpaired) electrons. The number of hydrogen-bond acceptors (Lipinski definition) is 4. The molecule has 0 saturated carbocycles. The molecule has 0 bridgehead atoms. The predicted molar refractivity (Wildman–Crippen MR) is 119 cm³/mol. The monoisotopic (exact) mass is 465 g/mol. The van der Waals surface area contributed by atoms with E-state index in [1.165, 1.54) is 12.1 Å². The van der Waals surface area contributed by atoms with Gasteiger partial charge in [-0.3, -0.25) is 14.5 Å². The van der Waals surface area contributed by atoms with Crippen molar-refractivity contribution in [2.24, 2.45) is 0 Å². The van der Waals surface area contributed by atoms with Gasteiger partial charge in [-0.05, 0) is 24.3 Å². The average Bonchev–Trinajstić information content (AvgIpc) is 3.15. The summed E-state index contributed by atoms with van der Waals surface area (Å²) in [6, 6.07) is 12.3. The number of nitrogens with zero attached hydrogens (tertiary/aromatic N) is 2. The van der Waals surface area contributed by atoms with Crippen molar-refractivity contribution in [1.82, 2.24) is 9.80 Å². The third-order valence-electron chi connectivity index (χ3n) is 4.93. The zero-order valence-corrected chi connectivity index (χ0v) is 18.1. The van der Waals surface area contributed by atoms with Crippen molar-refractivity contribution in [2.75, 3.05) is 38.0 Å². The molecule has 1 aliphatic rings. The molecule has 6 nitrogen and oxygen atoms in total. The van der Waals surface area contributed by atoms with E-state index in [1.807, 2.05) is 29.2 Å². The second-order valence-corrected chi connectivity index (χ2v) is 8.26. The molecule has 4 rings (SSSR count). The molecule has 0 unspecified atom stereocenters. The van der Waals surface area contributed by atoms with E-state index in [4.69, 9.17) is 39.2 Å². The Morgan fingerprint density at radius 1 is 0.967 bits per heavy atom. The van der Waals surface area contributed by atoms with Crippen LogP contribution in [0.15, 0.2) is 46.9 Å². The second-order valence-electron chi connectivity index (χ2n) is 7.01. The highest BCUT2D eigenvalue weighted by molar-refractivity contribution is 6.42. The normalized spacial score (nSPS) is 14.8. The zero-order valence-electron chi connectivity index (χ0n) is 15.8. The maximum atomic E-state index is 12.7. The summed E-state index contributed by atoms with van der Waals surface area (Å²) < 4.78 is 5.67. The number of amides is 2. The number of fused-ring (bicyclic) bond motifs is 1. The number of rotatable bonds is 4. The van der Waals surface area contributed by atoms with Gasteiger partial charge >= 0.3 is 0 Å². The molecule has 2 aromatic carbocycles. The van der Waals surface area contributed by atoms with Crippen LogP contribution in [0.1, 0.15) is 10.6 Å². The van der Waals surface area contributed by atoms with Crippen molar-refractivity contribution in [2.45, 2.75) is 0 Å². The van der Waals surface area contributed by atoms with E-state index in [-0.39, 0.29) is 28.4 Å². The summed E-state index contributed by atoms with van der Waals surface area (Å²) in [5.74, 6) is -0.0531. The van der Waals surface area contributed by atoms with Crippen LogP contribution < -0.4 is 5.32 Å².